The lowest BCUT2D eigenvalue weighted by Crippen LogP contribution is -2.12. The fourth-order valence-corrected chi connectivity index (χ4v) is 1.95. The molecule has 0 atom stereocenters. The van der Waals surface area contributed by atoms with E-state index >= 15 is 0 Å². The monoisotopic (exact) mass is 396 g/mol. The van der Waals surface area contributed by atoms with Crippen LogP contribution in [-0.4, -0.2) is 24.1 Å². The van der Waals surface area contributed by atoms with E-state index in [-0.39, 0.29) is 23.9 Å². The van der Waals surface area contributed by atoms with Gasteiger partial charge in [0, 0.05) is 12.0 Å². The van der Waals surface area contributed by atoms with Crippen molar-refractivity contribution in [2.75, 3.05) is 13.2 Å². The molecule has 28 heavy (non-hydrogen) atoms. The van der Waals surface area contributed by atoms with Crippen molar-refractivity contribution in [1.82, 2.24) is 0 Å². The highest BCUT2D eigenvalue weighted by molar-refractivity contribution is 5.64. The molecule has 0 aromatic heterocycles. The normalized spacial score (nSPS) is 12.2. The fraction of sp³-hybridized carbons (Fsp3) is 0.235. The molecule has 148 valence electrons. The topological polar surface area (TPSA) is 98.7 Å². The lowest BCUT2D eigenvalue weighted by atomic mass is 10.1. The van der Waals surface area contributed by atoms with Crippen LogP contribution < -0.4 is 4.74 Å². The number of alkyl halides is 3. The van der Waals surface area contributed by atoms with E-state index in [4.69, 9.17) is 4.74 Å². The molecule has 2 aromatic carbocycles. The SMILES string of the molecule is CC(=O)O[N+]([O-])=NCCOc1ccc(N=Nc2ccccc2)cc1C(F)(F)F. The second-order valence-electron chi connectivity index (χ2n) is 5.25. The summed E-state index contributed by atoms with van der Waals surface area (Å²) in [7, 11) is 0. The van der Waals surface area contributed by atoms with Crippen LogP contribution in [0, 0.1) is 5.21 Å². The summed E-state index contributed by atoms with van der Waals surface area (Å²) < 4.78 is 44.9. The molecule has 0 amide bonds. The number of hydrogen-bond acceptors (Lipinski definition) is 7. The Morgan fingerprint density at radius 2 is 1.79 bits per heavy atom. The molecule has 0 aliphatic rings. The Balaban J connectivity index is 2.10. The summed E-state index contributed by atoms with van der Waals surface area (Å²) in [5, 5.41) is 21.6. The maximum atomic E-state index is 13.3. The van der Waals surface area contributed by atoms with E-state index in [0.717, 1.165) is 19.1 Å². The zero-order chi connectivity index (χ0) is 20.6. The Hall–Kier alpha value is -3.50. The molecule has 2 rings (SSSR count). The van der Waals surface area contributed by atoms with Gasteiger partial charge in [0.1, 0.15) is 18.9 Å². The molecule has 0 saturated carbocycles. The van der Waals surface area contributed by atoms with Crippen molar-refractivity contribution in [3.8, 4) is 5.75 Å². The van der Waals surface area contributed by atoms with Crippen LogP contribution in [0.15, 0.2) is 63.9 Å². The first-order chi connectivity index (χ1) is 13.3. The van der Waals surface area contributed by atoms with Gasteiger partial charge < -0.3 is 9.57 Å². The number of nitrogens with zero attached hydrogens (tertiary/aromatic N) is 4. The Morgan fingerprint density at radius 1 is 1.11 bits per heavy atom. The third-order valence-electron chi connectivity index (χ3n) is 3.08. The van der Waals surface area contributed by atoms with E-state index < -0.39 is 23.5 Å². The minimum absolute atomic E-state index is 0.00573. The average Bonchev–Trinajstić information content (AvgIpc) is 2.63. The highest BCUT2D eigenvalue weighted by Crippen LogP contribution is 2.38. The van der Waals surface area contributed by atoms with Gasteiger partial charge in [-0.3, -0.25) is 4.79 Å². The summed E-state index contributed by atoms with van der Waals surface area (Å²) >= 11 is 0. The van der Waals surface area contributed by atoms with E-state index in [1.54, 1.807) is 30.3 Å². The molecule has 0 fully saturated rings. The largest absolute Gasteiger partial charge is 0.491 e. The summed E-state index contributed by atoms with van der Waals surface area (Å²) in [6, 6.07) is 11.8. The van der Waals surface area contributed by atoms with Gasteiger partial charge in [-0.05, 0) is 30.3 Å². The predicted octanol–water partition coefficient (Wildman–Crippen LogP) is 4.94. The number of hydrogen-bond donors (Lipinski definition) is 0. The third kappa shape index (κ3) is 6.67. The lowest BCUT2D eigenvalue weighted by Gasteiger charge is -2.13. The molecular weight excluding hydrogens is 381 g/mol. The maximum Gasteiger partial charge on any atom is 0.420 e. The van der Waals surface area contributed by atoms with Crippen molar-refractivity contribution in [3.05, 3.63) is 59.3 Å². The number of azo groups is 1. The van der Waals surface area contributed by atoms with Crippen LogP contribution in [0.1, 0.15) is 12.5 Å². The quantitative estimate of drug-likeness (QED) is 0.376. The van der Waals surface area contributed by atoms with E-state index in [1.807, 2.05) is 0 Å². The Bertz CT molecular complexity index is 870. The molecule has 0 unspecified atom stereocenters. The van der Waals surface area contributed by atoms with Crippen LogP contribution in [0.3, 0.4) is 0 Å². The standard InChI is InChI=1S/C17H15F3N4O4/c1-12(25)28-24(26)21-9-10-27-16-8-7-14(11-15(16)17(18,19)20)23-22-13-5-3-2-4-6-13/h2-8,11H,9-10H2,1H3. The van der Waals surface area contributed by atoms with Gasteiger partial charge >= 0.3 is 6.18 Å². The number of rotatable bonds is 7. The average molecular weight is 396 g/mol. The Labute approximate surface area is 157 Å². The van der Waals surface area contributed by atoms with Crippen LogP contribution in [0.2, 0.25) is 0 Å². The summed E-state index contributed by atoms with van der Waals surface area (Å²) in [6.07, 6.45) is -4.69. The van der Waals surface area contributed by atoms with Gasteiger partial charge in [-0.15, -0.1) is 0 Å². The van der Waals surface area contributed by atoms with Gasteiger partial charge in [0.2, 0.25) is 0 Å². The smallest absolute Gasteiger partial charge is 0.420 e. The zero-order valence-electron chi connectivity index (χ0n) is 14.6. The minimum atomic E-state index is -4.69. The van der Waals surface area contributed by atoms with Gasteiger partial charge in [0.25, 0.3) is 5.97 Å². The summed E-state index contributed by atoms with van der Waals surface area (Å²) in [4.78, 5) is 14.6. The molecule has 11 heteroatoms. The lowest BCUT2D eigenvalue weighted by molar-refractivity contribution is -0.764. The van der Waals surface area contributed by atoms with Crippen molar-refractivity contribution >= 4 is 17.3 Å². The van der Waals surface area contributed by atoms with E-state index in [9.17, 15) is 23.2 Å². The molecule has 0 bridgehead atoms. The van der Waals surface area contributed by atoms with Crippen molar-refractivity contribution in [2.45, 2.75) is 13.1 Å². The first-order valence-electron chi connectivity index (χ1n) is 7.90. The number of halogens is 3. The molecule has 0 aliphatic heterocycles. The predicted molar refractivity (Wildman–Crippen MR) is 90.2 cm³/mol. The van der Waals surface area contributed by atoms with Crippen LogP contribution in [-0.2, 0) is 15.8 Å². The molecule has 0 spiro atoms. The van der Waals surface area contributed by atoms with E-state index in [0.29, 0.717) is 5.69 Å². The van der Waals surface area contributed by atoms with Crippen molar-refractivity contribution in [2.24, 2.45) is 15.3 Å². The summed E-state index contributed by atoms with van der Waals surface area (Å²) in [5.41, 5.74) is -0.558. The van der Waals surface area contributed by atoms with Crippen molar-refractivity contribution in [1.29, 1.82) is 0 Å². The van der Waals surface area contributed by atoms with E-state index in [1.165, 1.54) is 6.07 Å². The minimum Gasteiger partial charge on any atom is -0.491 e. The second-order valence-corrected chi connectivity index (χ2v) is 5.25. The molecule has 0 radical (unpaired) electrons. The van der Waals surface area contributed by atoms with Gasteiger partial charge in [-0.2, -0.15) is 23.4 Å². The highest BCUT2D eigenvalue weighted by Gasteiger charge is 2.34. The van der Waals surface area contributed by atoms with Crippen LogP contribution in [0.4, 0.5) is 24.5 Å². The number of ether oxygens (including phenoxy) is 1. The summed E-state index contributed by atoms with van der Waals surface area (Å²) in [5.74, 6) is -1.33. The first kappa shape index (κ1) is 20.8. The van der Waals surface area contributed by atoms with Crippen molar-refractivity contribution in [3.63, 3.8) is 0 Å². The third-order valence-corrected chi connectivity index (χ3v) is 3.08. The van der Waals surface area contributed by atoms with Gasteiger partial charge in [-0.1, -0.05) is 18.2 Å². The number of carbonyl (C=O) groups is 1. The molecule has 2 aromatic rings. The highest BCUT2D eigenvalue weighted by atomic mass is 19.4. The fourth-order valence-electron chi connectivity index (χ4n) is 1.95. The molecule has 0 saturated heterocycles. The maximum absolute atomic E-state index is 13.3. The van der Waals surface area contributed by atoms with Gasteiger partial charge in [-0.25, -0.2) is 5.21 Å². The Kier molecular flexibility index (Phi) is 7.02. The van der Waals surface area contributed by atoms with E-state index in [2.05, 4.69) is 20.2 Å². The second kappa shape index (κ2) is 9.44. The summed E-state index contributed by atoms with van der Waals surface area (Å²) in [6.45, 7) is 0.348. The number of benzene rings is 2. The molecule has 0 aliphatic carbocycles. The van der Waals surface area contributed by atoms with Gasteiger partial charge in [0.15, 0.2) is 5.02 Å². The zero-order valence-corrected chi connectivity index (χ0v) is 14.6. The molecule has 0 N–H and O–H groups in total. The number of carbonyl (C=O) groups excluding carboxylic acids is 1. The molecule has 0 heterocycles. The van der Waals surface area contributed by atoms with Crippen LogP contribution >= 0.6 is 0 Å². The van der Waals surface area contributed by atoms with Crippen molar-refractivity contribution < 1.29 is 32.6 Å². The van der Waals surface area contributed by atoms with Crippen LogP contribution in [0.25, 0.3) is 0 Å². The molecule has 8 nitrogen and oxygen atoms in total. The van der Waals surface area contributed by atoms with Crippen LogP contribution in [0.5, 0.6) is 5.75 Å². The Morgan fingerprint density at radius 3 is 2.43 bits per heavy atom. The molecular formula is C17H15F3N4O4. The first-order valence-corrected chi connectivity index (χ1v) is 7.90. The van der Waals surface area contributed by atoms with Gasteiger partial charge in [0.05, 0.1) is 16.9 Å².